The predicted molar refractivity (Wildman–Crippen MR) is 123 cm³/mol. The van der Waals surface area contributed by atoms with E-state index in [-0.39, 0.29) is 31.3 Å². The first-order valence-corrected chi connectivity index (χ1v) is 10.7. The molecule has 2 amide bonds. The zero-order valence-electron chi connectivity index (χ0n) is 16.4. The van der Waals surface area contributed by atoms with Gasteiger partial charge in [-0.1, -0.05) is 54.3 Å². The summed E-state index contributed by atoms with van der Waals surface area (Å²) >= 11 is 6.39. The van der Waals surface area contributed by atoms with Crippen molar-refractivity contribution in [3.05, 3.63) is 65.1 Å². The molecule has 1 aliphatic rings. The van der Waals surface area contributed by atoms with E-state index in [1.165, 1.54) is 4.90 Å². The van der Waals surface area contributed by atoms with Crippen LogP contribution in [0.15, 0.2) is 59.5 Å². The Kier molecular flexibility index (Phi) is 7.80. The van der Waals surface area contributed by atoms with Gasteiger partial charge in [0, 0.05) is 13.0 Å². The minimum atomic E-state index is -0.922. The Balaban J connectivity index is 1.61. The van der Waals surface area contributed by atoms with Crippen molar-refractivity contribution >= 4 is 52.2 Å². The average molecular weight is 457 g/mol. The van der Waals surface area contributed by atoms with E-state index in [4.69, 9.17) is 22.1 Å². The molecule has 0 bridgehead atoms. The quantitative estimate of drug-likeness (QED) is 0.338. The molecule has 31 heavy (non-hydrogen) atoms. The third kappa shape index (κ3) is 6.66. The first-order valence-electron chi connectivity index (χ1n) is 9.49. The van der Waals surface area contributed by atoms with Crippen molar-refractivity contribution in [2.45, 2.75) is 12.8 Å². The van der Waals surface area contributed by atoms with E-state index in [9.17, 15) is 14.4 Å². The lowest BCUT2D eigenvalue weighted by atomic mass is 10.2. The van der Waals surface area contributed by atoms with Crippen LogP contribution in [0.4, 0.5) is 0 Å². The topological polar surface area (TPSA) is 95.9 Å². The Labute approximate surface area is 189 Å². The van der Waals surface area contributed by atoms with Gasteiger partial charge in [0.05, 0.1) is 4.91 Å². The fourth-order valence-corrected chi connectivity index (χ4v) is 4.00. The minimum absolute atomic E-state index is 0.0306. The molecule has 9 heteroatoms. The van der Waals surface area contributed by atoms with Gasteiger partial charge in [0.25, 0.3) is 5.91 Å². The van der Waals surface area contributed by atoms with Crippen molar-refractivity contribution in [2.24, 2.45) is 0 Å². The van der Waals surface area contributed by atoms with Gasteiger partial charge in [-0.3, -0.25) is 19.3 Å². The minimum Gasteiger partial charge on any atom is -0.481 e. The van der Waals surface area contributed by atoms with E-state index in [0.29, 0.717) is 27.1 Å². The molecule has 1 heterocycles. The normalized spacial score (nSPS) is 14.7. The lowest BCUT2D eigenvalue weighted by Crippen LogP contribution is -2.39. The number of aliphatic carboxylic acids is 1. The SMILES string of the molecule is O=C(O)CCCNC(=O)CN1C(=O)/C(=C/c2cccc(Oc3ccccc3)c2)SC1=S. The second-order valence-electron chi connectivity index (χ2n) is 6.60. The molecule has 0 aromatic heterocycles. The smallest absolute Gasteiger partial charge is 0.303 e. The zero-order valence-corrected chi connectivity index (χ0v) is 18.1. The number of hydrogen-bond donors (Lipinski definition) is 2. The van der Waals surface area contributed by atoms with Gasteiger partial charge in [-0.25, -0.2) is 0 Å². The molecular formula is C22H20N2O5S2. The van der Waals surface area contributed by atoms with Crippen LogP contribution in [0.25, 0.3) is 6.08 Å². The molecule has 0 atom stereocenters. The standard InChI is InChI=1S/C22H20N2O5S2/c25-19(23-11-5-10-20(26)27)14-24-21(28)18(31-22(24)30)13-15-6-4-9-17(12-15)29-16-7-2-1-3-8-16/h1-4,6-9,12-13H,5,10-11,14H2,(H,23,25)(H,26,27)/b18-13-. The van der Waals surface area contributed by atoms with Crippen LogP contribution < -0.4 is 10.1 Å². The van der Waals surface area contributed by atoms with Crippen LogP contribution in [-0.2, 0) is 14.4 Å². The van der Waals surface area contributed by atoms with Gasteiger partial charge in [-0.15, -0.1) is 0 Å². The van der Waals surface area contributed by atoms with Crippen molar-refractivity contribution in [2.75, 3.05) is 13.1 Å². The van der Waals surface area contributed by atoms with Gasteiger partial charge in [-0.05, 0) is 42.3 Å². The number of thioether (sulfide) groups is 1. The highest BCUT2D eigenvalue weighted by atomic mass is 32.2. The van der Waals surface area contributed by atoms with Crippen LogP contribution in [0.3, 0.4) is 0 Å². The Bertz CT molecular complexity index is 1020. The highest BCUT2D eigenvalue weighted by Crippen LogP contribution is 2.33. The highest BCUT2D eigenvalue weighted by molar-refractivity contribution is 8.26. The Morgan fingerprint density at radius 1 is 1.13 bits per heavy atom. The molecular weight excluding hydrogens is 436 g/mol. The van der Waals surface area contributed by atoms with Crippen LogP contribution in [-0.4, -0.2) is 45.2 Å². The average Bonchev–Trinajstić information content (AvgIpc) is 2.99. The number of carbonyl (C=O) groups excluding carboxylic acids is 2. The van der Waals surface area contributed by atoms with Gasteiger partial charge >= 0.3 is 5.97 Å². The Morgan fingerprint density at radius 2 is 1.87 bits per heavy atom. The van der Waals surface area contributed by atoms with Gasteiger partial charge in [-0.2, -0.15) is 0 Å². The van der Waals surface area contributed by atoms with E-state index < -0.39 is 5.97 Å². The number of ether oxygens (including phenoxy) is 1. The van der Waals surface area contributed by atoms with Crippen molar-refractivity contribution in [1.29, 1.82) is 0 Å². The number of carboxylic acids is 1. The number of carbonyl (C=O) groups is 3. The summed E-state index contributed by atoms with van der Waals surface area (Å²) in [5, 5.41) is 11.2. The second kappa shape index (κ2) is 10.7. The van der Waals surface area contributed by atoms with Crippen molar-refractivity contribution in [1.82, 2.24) is 10.2 Å². The fourth-order valence-electron chi connectivity index (χ4n) is 2.75. The van der Waals surface area contributed by atoms with Gasteiger partial charge in [0.1, 0.15) is 22.4 Å². The van der Waals surface area contributed by atoms with E-state index in [1.54, 1.807) is 6.08 Å². The predicted octanol–water partition coefficient (Wildman–Crippen LogP) is 3.66. The van der Waals surface area contributed by atoms with Gasteiger partial charge < -0.3 is 15.2 Å². The summed E-state index contributed by atoms with van der Waals surface area (Å²) in [6.45, 7) is 0.0240. The molecule has 3 rings (SSSR count). The Hall–Kier alpha value is -3.17. The number of amides is 2. The first kappa shape index (κ1) is 22.5. The van der Waals surface area contributed by atoms with Crippen LogP contribution in [0, 0.1) is 0 Å². The van der Waals surface area contributed by atoms with E-state index >= 15 is 0 Å². The molecule has 2 aromatic rings. The molecule has 1 fully saturated rings. The van der Waals surface area contributed by atoms with Crippen LogP contribution in [0.5, 0.6) is 11.5 Å². The number of para-hydroxylation sites is 1. The van der Waals surface area contributed by atoms with Crippen LogP contribution in [0.1, 0.15) is 18.4 Å². The van der Waals surface area contributed by atoms with Crippen molar-refractivity contribution in [3.63, 3.8) is 0 Å². The summed E-state index contributed by atoms with van der Waals surface area (Å²) in [4.78, 5) is 36.9. The molecule has 2 N–H and O–H groups in total. The molecule has 7 nitrogen and oxygen atoms in total. The highest BCUT2D eigenvalue weighted by Gasteiger charge is 2.33. The van der Waals surface area contributed by atoms with Gasteiger partial charge in [0.2, 0.25) is 5.91 Å². The van der Waals surface area contributed by atoms with Gasteiger partial charge in [0.15, 0.2) is 0 Å². The van der Waals surface area contributed by atoms with Crippen molar-refractivity contribution in [3.8, 4) is 11.5 Å². The monoisotopic (exact) mass is 456 g/mol. The molecule has 1 aliphatic heterocycles. The van der Waals surface area contributed by atoms with Crippen LogP contribution >= 0.6 is 24.0 Å². The van der Waals surface area contributed by atoms with E-state index in [2.05, 4.69) is 5.32 Å². The molecule has 2 aromatic carbocycles. The summed E-state index contributed by atoms with van der Waals surface area (Å²) in [6, 6.07) is 16.7. The molecule has 0 spiro atoms. The Morgan fingerprint density at radius 3 is 2.61 bits per heavy atom. The fraction of sp³-hybridized carbons (Fsp3) is 0.182. The maximum atomic E-state index is 12.7. The van der Waals surface area contributed by atoms with E-state index in [0.717, 1.165) is 17.3 Å². The second-order valence-corrected chi connectivity index (χ2v) is 8.28. The van der Waals surface area contributed by atoms with Crippen LogP contribution in [0.2, 0.25) is 0 Å². The summed E-state index contributed by atoms with van der Waals surface area (Å²) in [5.74, 6) is -0.308. The maximum Gasteiger partial charge on any atom is 0.303 e. The third-order valence-corrected chi connectivity index (χ3v) is 5.58. The number of nitrogens with zero attached hydrogens (tertiary/aromatic N) is 1. The molecule has 1 saturated heterocycles. The first-order chi connectivity index (χ1) is 14.9. The number of rotatable bonds is 9. The number of nitrogens with one attached hydrogen (secondary N) is 1. The third-order valence-electron chi connectivity index (χ3n) is 4.20. The number of hydrogen-bond acceptors (Lipinski definition) is 6. The number of benzene rings is 2. The summed E-state index contributed by atoms with van der Waals surface area (Å²) in [6.07, 6.45) is 2.00. The molecule has 0 unspecified atom stereocenters. The molecule has 0 radical (unpaired) electrons. The number of carboxylic acid groups (broad SMARTS) is 1. The molecule has 0 aliphatic carbocycles. The molecule has 160 valence electrons. The summed E-state index contributed by atoms with van der Waals surface area (Å²) in [5.41, 5.74) is 0.770. The lowest BCUT2D eigenvalue weighted by Gasteiger charge is -2.14. The zero-order chi connectivity index (χ0) is 22.2. The summed E-state index contributed by atoms with van der Waals surface area (Å²) < 4.78 is 6.12. The number of thiocarbonyl (C=S) groups is 1. The summed E-state index contributed by atoms with van der Waals surface area (Å²) in [7, 11) is 0. The van der Waals surface area contributed by atoms with E-state index in [1.807, 2.05) is 54.6 Å². The lowest BCUT2D eigenvalue weighted by molar-refractivity contribution is -0.137. The largest absolute Gasteiger partial charge is 0.481 e. The van der Waals surface area contributed by atoms with Crippen molar-refractivity contribution < 1.29 is 24.2 Å². The maximum absolute atomic E-state index is 12.7. The molecule has 0 saturated carbocycles.